The molecule has 0 spiro atoms. The summed E-state index contributed by atoms with van der Waals surface area (Å²) in [6, 6.07) is 59.4. The molecule has 14 rings (SSSR count). The summed E-state index contributed by atoms with van der Waals surface area (Å²) < 4.78 is 55.8. The van der Waals surface area contributed by atoms with Crippen molar-refractivity contribution in [2.45, 2.75) is 0 Å². The topological polar surface area (TPSA) is 71.1 Å². The van der Waals surface area contributed by atoms with E-state index >= 15 is 9.13 Å². The van der Waals surface area contributed by atoms with E-state index in [4.69, 9.17) is 18.9 Å². The molecule has 0 radical (unpaired) electrons. The van der Waals surface area contributed by atoms with E-state index < -0.39 is 14.3 Å². The Morgan fingerprint density at radius 3 is 1.18 bits per heavy atom. The number of benzene rings is 10. The standard InChI is InChI=1S/2C26H15O3P/c27-30-22-12-6-5-11-20(22)28-25-19-10-4-2-8-17(19)15-21(26(25)30)29-24-18-9-3-1-7-16(18)13-14-23(24)30;27-30-22-12-6-5-11-20(22)28-21-15-17-8-2-4-10-19(17)25(26(21)30)29-24-18-9-3-1-7-16(18)13-14-23(24)30/h2*1-15H. The number of hydrogen-bond donors (Lipinski definition) is 0. The zero-order valence-electron chi connectivity index (χ0n) is 31.7. The third-order valence-corrected chi connectivity index (χ3v) is 18.4. The molecule has 284 valence electrons. The first-order valence-corrected chi connectivity index (χ1v) is 23.2. The predicted molar refractivity (Wildman–Crippen MR) is 242 cm³/mol. The fraction of sp³-hybridized carbons (Fsp3) is 0. The predicted octanol–water partition coefficient (Wildman–Crippen LogP) is 11.7. The minimum absolute atomic E-state index is 0.615. The molecule has 10 aromatic carbocycles. The smallest absolute Gasteiger partial charge is 0.185 e. The Hall–Kier alpha value is -7.10. The zero-order chi connectivity index (χ0) is 39.7. The van der Waals surface area contributed by atoms with Gasteiger partial charge in [-0.25, -0.2) is 0 Å². The van der Waals surface area contributed by atoms with Crippen LogP contribution in [0.15, 0.2) is 182 Å². The van der Waals surface area contributed by atoms with E-state index in [1.165, 1.54) is 0 Å². The van der Waals surface area contributed by atoms with Crippen LogP contribution >= 0.6 is 14.3 Å². The second kappa shape index (κ2) is 12.2. The first-order valence-electron chi connectivity index (χ1n) is 19.8. The second-order valence-electron chi connectivity index (χ2n) is 15.4. The maximum absolute atomic E-state index is 15.1. The number of para-hydroxylation sites is 2. The van der Waals surface area contributed by atoms with E-state index in [0.29, 0.717) is 56.6 Å². The highest BCUT2D eigenvalue weighted by molar-refractivity contribution is 7.86. The van der Waals surface area contributed by atoms with Gasteiger partial charge in [0.1, 0.15) is 56.6 Å². The molecule has 0 bridgehead atoms. The van der Waals surface area contributed by atoms with Crippen molar-refractivity contribution >= 4 is 89.2 Å². The average Bonchev–Trinajstić information content (AvgIpc) is 3.29. The van der Waals surface area contributed by atoms with Crippen molar-refractivity contribution < 1.29 is 28.1 Å². The van der Waals surface area contributed by atoms with Gasteiger partial charge in [0.2, 0.25) is 0 Å². The molecule has 0 aliphatic carbocycles. The van der Waals surface area contributed by atoms with Crippen molar-refractivity contribution in [1.29, 1.82) is 0 Å². The Kier molecular flexibility index (Phi) is 6.89. The van der Waals surface area contributed by atoms with Crippen LogP contribution < -0.4 is 50.8 Å². The van der Waals surface area contributed by atoms with Crippen LogP contribution in [0.25, 0.3) is 43.1 Å². The van der Waals surface area contributed by atoms with Crippen LogP contribution in [0.1, 0.15) is 0 Å². The lowest BCUT2D eigenvalue weighted by Crippen LogP contribution is -2.35. The summed E-state index contributed by atoms with van der Waals surface area (Å²) in [7, 11) is -6.35. The van der Waals surface area contributed by atoms with Crippen LogP contribution in [0.4, 0.5) is 0 Å². The summed E-state index contributed by atoms with van der Waals surface area (Å²) in [4.78, 5) is 0. The fourth-order valence-corrected chi connectivity index (χ4v) is 15.6. The molecule has 0 saturated heterocycles. The first kappa shape index (κ1) is 33.8. The van der Waals surface area contributed by atoms with E-state index in [-0.39, 0.29) is 0 Å². The highest BCUT2D eigenvalue weighted by Crippen LogP contribution is 2.62. The van der Waals surface area contributed by atoms with Gasteiger partial charge in [0, 0.05) is 21.5 Å². The molecule has 8 heteroatoms. The maximum Gasteiger partial charge on any atom is 0.185 e. The van der Waals surface area contributed by atoms with Crippen LogP contribution in [0.3, 0.4) is 0 Å². The molecule has 0 fully saturated rings. The molecular weight excluding hydrogens is 783 g/mol. The van der Waals surface area contributed by atoms with E-state index in [1.54, 1.807) is 0 Å². The lowest BCUT2D eigenvalue weighted by atomic mass is 10.1. The average molecular weight is 813 g/mol. The highest BCUT2D eigenvalue weighted by Gasteiger charge is 2.49. The largest absolute Gasteiger partial charge is 0.456 e. The van der Waals surface area contributed by atoms with Gasteiger partial charge in [-0.15, -0.1) is 0 Å². The number of ether oxygens (including phenoxy) is 4. The number of rotatable bonds is 0. The summed E-state index contributed by atoms with van der Waals surface area (Å²) in [5.74, 6) is 5.18. The van der Waals surface area contributed by atoms with Gasteiger partial charge >= 0.3 is 0 Å². The van der Waals surface area contributed by atoms with Crippen LogP contribution in [-0.4, -0.2) is 0 Å². The summed E-state index contributed by atoms with van der Waals surface area (Å²) in [5.41, 5.74) is 0. The van der Waals surface area contributed by atoms with Crippen LogP contribution in [0, 0.1) is 0 Å². The van der Waals surface area contributed by atoms with Crippen molar-refractivity contribution in [2.75, 3.05) is 0 Å². The Balaban J connectivity index is 0.000000123. The molecule has 2 atom stereocenters. The fourth-order valence-electron chi connectivity index (χ4n) is 9.48. The quantitative estimate of drug-likeness (QED) is 0.142. The molecule has 10 aromatic rings. The van der Waals surface area contributed by atoms with Crippen molar-refractivity contribution in [3.63, 3.8) is 0 Å². The lowest BCUT2D eigenvalue weighted by molar-refractivity contribution is 0.467. The number of fused-ring (bicyclic) bond motifs is 16. The van der Waals surface area contributed by atoms with Crippen LogP contribution in [-0.2, 0) is 9.13 Å². The zero-order valence-corrected chi connectivity index (χ0v) is 33.5. The molecule has 4 heterocycles. The molecule has 6 nitrogen and oxygen atoms in total. The first-order chi connectivity index (χ1) is 29.5. The Labute approximate surface area is 343 Å². The molecule has 0 aromatic heterocycles. The normalized spacial score (nSPS) is 18.1. The highest BCUT2D eigenvalue weighted by atomic mass is 31.2. The van der Waals surface area contributed by atoms with Crippen molar-refractivity contribution in [2.24, 2.45) is 0 Å². The van der Waals surface area contributed by atoms with Gasteiger partial charge in [0.05, 0.1) is 21.2 Å². The van der Waals surface area contributed by atoms with Crippen LogP contribution in [0.2, 0.25) is 0 Å². The maximum atomic E-state index is 15.1. The van der Waals surface area contributed by atoms with E-state index in [9.17, 15) is 0 Å². The molecule has 60 heavy (non-hydrogen) atoms. The molecule has 4 aliphatic rings. The molecule has 0 N–H and O–H groups in total. The second-order valence-corrected chi connectivity index (χ2v) is 20.6. The Bertz CT molecular complexity index is 3610. The molecule has 4 aliphatic heterocycles. The molecule has 2 unspecified atom stereocenters. The van der Waals surface area contributed by atoms with Gasteiger partial charge in [0.15, 0.2) is 14.3 Å². The van der Waals surface area contributed by atoms with E-state index in [1.807, 2.05) is 176 Å². The minimum atomic E-state index is -3.17. The molecular formula is C52H30O6P2. The Morgan fingerprint density at radius 2 is 0.650 bits per heavy atom. The minimum Gasteiger partial charge on any atom is -0.456 e. The molecule has 0 amide bonds. The summed E-state index contributed by atoms with van der Waals surface area (Å²) in [6.45, 7) is 0. The molecule has 0 saturated carbocycles. The van der Waals surface area contributed by atoms with Gasteiger partial charge in [-0.1, -0.05) is 133 Å². The third-order valence-electron chi connectivity index (χ3n) is 12.2. The summed E-state index contributed by atoms with van der Waals surface area (Å²) in [5, 5.41) is 12.2. The van der Waals surface area contributed by atoms with Crippen LogP contribution in [0.5, 0.6) is 46.0 Å². The van der Waals surface area contributed by atoms with Gasteiger partial charge < -0.3 is 28.1 Å². The number of hydrogen-bond acceptors (Lipinski definition) is 6. The van der Waals surface area contributed by atoms with Crippen molar-refractivity contribution in [1.82, 2.24) is 0 Å². The lowest BCUT2D eigenvalue weighted by Gasteiger charge is -2.35. The van der Waals surface area contributed by atoms with Crippen molar-refractivity contribution in [3.8, 4) is 46.0 Å². The van der Waals surface area contributed by atoms with Crippen molar-refractivity contribution in [3.05, 3.63) is 182 Å². The Morgan fingerprint density at radius 1 is 0.283 bits per heavy atom. The van der Waals surface area contributed by atoms with Gasteiger partial charge in [-0.3, -0.25) is 0 Å². The summed E-state index contributed by atoms with van der Waals surface area (Å²) in [6.07, 6.45) is 0. The van der Waals surface area contributed by atoms with Gasteiger partial charge in [0.25, 0.3) is 0 Å². The van der Waals surface area contributed by atoms with Gasteiger partial charge in [-0.05, 0) is 70.1 Å². The van der Waals surface area contributed by atoms with E-state index in [2.05, 4.69) is 6.07 Å². The van der Waals surface area contributed by atoms with Gasteiger partial charge in [-0.2, -0.15) is 0 Å². The summed E-state index contributed by atoms with van der Waals surface area (Å²) >= 11 is 0. The monoisotopic (exact) mass is 812 g/mol. The van der Waals surface area contributed by atoms with E-state index in [0.717, 1.165) is 64.3 Å². The SMILES string of the molecule is O=P12c3ccccc3Oc3c1c(cc1ccccc31)Oc1c2ccc2ccccc12.O=P12c3ccccc3Oc3cc4ccccc4c(c31)Oc1c2ccc2ccccc12. The third kappa shape index (κ3) is 4.44.